The van der Waals surface area contributed by atoms with E-state index in [9.17, 15) is 0 Å². The quantitative estimate of drug-likeness (QED) is 0.309. The second-order valence-corrected chi connectivity index (χ2v) is 7.51. The zero-order valence-electron chi connectivity index (χ0n) is 15.5. The molecule has 1 rings (SSSR count). The summed E-state index contributed by atoms with van der Waals surface area (Å²) in [5, 5.41) is 2.24. The van der Waals surface area contributed by atoms with E-state index in [4.69, 9.17) is 0 Å². The van der Waals surface area contributed by atoms with Crippen LogP contribution in [-0.2, 0) is 6.54 Å². The Balaban J connectivity index is 0.00000484. The Labute approximate surface area is 159 Å². The molecule has 0 atom stereocenters. The second kappa shape index (κ2) is 17.0. The number of halogens is 1. The molecule has 0 aliphatic rings. The van der Waals surface area contributed by atoms with Crippen molar-refractivity contribution in [1.29, 1.82) is 0 Å². The van der Waals surface area contributed by atoms with E-state index in [1.165, 1.54) is 102 Å². The molecule has 136 valence electrons. The maximum absolute atomic E-state index is 2.39. The van der Waals surface area contributed by atoms with Crippen LogP contribution in [0.1, 0.15) is 103 Å². The Morgan fingerprint density at radius 2 is 1.17 bits per heavy atom. The number of unbranched alkanes of at least 4 members (excludes halogenated alkanes) is 13. The maximum atomic E-state index is 2.39. The summed E-state index contributed by atoms with van der Waals surface area (Å²) in [4.78, 5) is 0. The minimum absolute atomic E-state index is 0. The highest BCUT2D eigenvalue weighted by atomic mass is 79.9. The topological polar surface area (TPSA) is 3.88 Å². The smallest absolute Gasteiger partial charge is 0.224 e. The third-order valence-corrected chi connectivity index (χ3v) is 5.49. The van der Waals surface area contributed by atoms with Gasteiger partial charge >= 0.3 is 0 Å². The van der Waals surface area contributed by atoms with Crippen molar-refractivity contribution in [2.24, 2.45) is 0 Å². The van der Waals surface area contributed by atoms with Crippen LogP contribution in [0.25, 0.3) is 0 Å². The normalized spacial score (nSPS) is 10.7. The fourth-order valence-electron chi connectivity index (χ4n) is 3.06. The van der Waals surface area contributed by atoms with E-state index in [0.29, 0.717) is 0 Å². The van der Waals surface area contributed by atoms with Crippen molar-refractivity contribution < 1.29 is 21.5 Å². The zero-order chi connectivity index (χ0) is 15.9. The van der Waals surface area contributed by atoms with Gasteiger partial charge in [-0.05, 0) is 6.42 Å². The minimum atomic E-state index is 0. The Hall–Kier alpha value is 0.110. The molecule has 0 saturated carbocycles. The standard InChI is InChI=1S/C20H38NS.BrH/c1-3-4-5-6-7-8-9-10-11-12-13-14-15-16-17-21-19-22-18-20(21)2;/h18-19H,3-17H2,1-2H3;1H/q+1;/p-1. The van der Waals surface area contributed by atoms with Crippen LogP contribution in [0, 0.1) is 6.92 Å². The lowest BCUT2D eigenvalue weighted by atomic mass is 10.0. The van der Waals surface area contributed by atoms with Crippen LogP contribution < -0.4 is 21.5 Å². The number of aryl methyl sites for hydroxylation is 2. The Bertz CT molecular complexity index is 351. The third-order valence-electron chi connectivity index (χ3n) is 4.63. The summed E-state index contributed by atoms with van der Waals surface area (Å²) in [6.07, 6.45) is 20.2. The van der Waals surface area contributed by atoms with E-state index in [2.05, 4.69) is 29.3 Å². The van der Waals surface area contributed by atoms with Crippen molar-refractivity contribution in [1.82, 2.24) is 0 Å². The molecule has 1 heterocycles. The van der Waals surface area contributed by atoms with Gasteiger partial charge in [-0.2, -0.15) is 4.57 Å². The molecule has 0 aliphatic carbocycles. The van der Waals surface area contributed by atoms with Gasteiger partial charge in [-0.25, -0.2) is 0 Å². The molecular formula is C20H38BrNS. The van der Waals surface area contributed by atoms with E-state index >= 15 is 0 Å². The highest BCUT2D eigenvalue weighted by Gasteiger charge is 2.05. The van der Waals surface area contributed by atoms with Crippen LogP contribution in [0.3, 0.4) is 0 Å². The summed E-state index contributed by atoms with van der Waals surface area (Å²) in [5.74, 6) is 0. The first-order valence-corrected chi connectivity index (χ1v) is 10.7. The van der Waals surface area contributed by atoms with E-state index in [1.807, 2.05) is 11.3 Å². The lowest BCUT2D eigenvalue weighted by Crippen LogP contribution is -3.00. The molecule has 0 N–H and O–H groups in total. The molecule has 23 heavy (non-hydrogen) atoms. The van der Waals surface area contributed by atoms with Gasteiger partial charge in [0.25, 0.3) is 0 Å². The highest BCUT2D eigenvalue weighted by Crippen LogP contribution is 2.13. The molecule has 0 aliphatic heterocycles. The number of thiazole rings is 1. The first-order chi connectivity index (χ1) is 10.8. The molecule has 1 nitrogen and oxygen atoms in total. The second-order valence-electron chi connectivity index (χ2n) is 6.79. The first kappa shape index (κ1) is 23.1. The van der Waals surface area contributed by atoms with Crippen LogP contribution in [0.5, 0.6) is 0 Å². The summed E-state index contributed by atoms with van der Waals surface area (Å²) >= 11 is 1.82. The van der Waals surface area contributed by atoms with Gasteiger partial charge in [-0.15, -0.1) is 0 Å². The fraction of sp³-hybridized carbons (Fsp3) is 0.850. The molecule has 0 spiro atoms. The van der Waals surface area contributed by atoms with E-state index < -0.39 is 0 Å². The number of hydrogen-bond acceptors (Lipinski definition) is 1. The van der Waals surface area contributed by atoms with Crippen LogP contribution in [0.4, 0.5) is 0 Å². The molecule has 1 aromatic heterocycles. The summed E-state index contributed by atoms with van der Waals surface area (Å²) in [5.41, 5.74) is 3.66. The molecule has 0 amide bonds. The molecular weight excluding hydrogens is 366 g/mol. The van der Waals surface area contributed by atoms with E-state index in [0.717, 1.165) is 0 Å². The van der Waals surface area contributed by atoms with E-state index in [-0.39, 0.29) is 17.0 Å². The lowest BCUT2D eigenvalue weighted by Gasteiger charge is -2.02. The summed E-state index contributed by atoms with van der Waals surface area (Å²) in [6, 6.07) is 0. The number of rotatable bonds is 15. The average Bonchev–Trinajstić information content (AvgIpc) is 2.93. The Morgan fingerprint density at radius 3 is 1.57 bits per heavy atom. The number of hydrogen-bond donors (Lipinski definition) is 0. The SMILES string of the molecule is CCCCCCCCCCCCCCCC[n+]1cscc1C.[Br-]. The highest BCUT2D eigenvalue weighted by molar-refractivity contribution is 7.07. The van der Waals surface area contributed by atoms with E-state index in [1.54, 1.807) is 0 Å². The fourth-order valence-corrected chi connectivity index (χ4v) is 3.87. The molecule has 0 saturated heterocycles. The Kier molecular flexibility index (Phi) is 17.0. The summed E-state index contributed by atoms with van der Waals surface area (Å²) < 4.78 is 2.39. The molecule has 0 bridgehead atoms. The van der Waals surface area contributed by atoms with Crippen LogP contribution in [-0.4, -0.2) is 0 Å². The van der Waals surface area contributed by atoms with Crippen molar-refractivity contribution in [3.8, 4) is 0 Å². The predicted octanol–water partition coefficient (Wildman–Crippen LogP) is 3.83. The largest absolute Gasteiger partial charge is 1.00 e. The number of aromatic nitrogens is 1. The van der Waals surface area contributed by atoms with Crippen LogP contribution in [0.2, 0.25) is 0 Å². The molecule has 0 fully saturated rings. The van der Waals surface area contributed by atoms with Gasteiger partial charge in [-0.1, -0.05) is 95.3 Å². The van der Waals surface area contributed by atoms with Gasteiger partial charge in [0.15, 0.2) is 5.69 Å². The van der Waals surface area contributed by atoms with Gasteiger partial charge in [0, 0.05) is 13.3 Å². The number of nitrogens with zero attached hydrogens (tertiary/aromatic N) is 1. The van der Waals surface area contributed by atoms with Gasteiger partial charge < -0.3 is 17.0 Å². The minimum Gasteiger partial charge on any atom is -1.00 e. The predicted molar refractivity (Wildman–Crippen MR) is 99.6 cm³/mol. The molecule has 3 heteroatoms. The first-order valence-electron chi connectivity index (χ1n) is 9.77. The average molecular weight is 405 g/mol. The summed E-state index contributed by atoms with van der Waals surface area (Å²) in [6.45, 7) is 5.72. The van der Waals surface area contributed by atoms with Gasteiger partial charge in [0.05, 0.1) is 5.38 Å². The van der Waals surface area contributed by atoms with Crippen molar-refractivity contribution >= 4 is 11.3 Å². The maximum Gasteiger partial charge on any atom is 0.224 e. The summed E-state index contributed by atoms with van der Waals surface area (Å²) in [7, 11) is 0. The van der Waals surface area contributed by atoms with Crippen LogP contribution >= 0.6 is 11.3 Å². The Morgan fingerprint density at radius 1 is 0.739 bits per heavy atom. The molecule has 0 unspecified atom stereocenters. The molecule has 1 aromatic rings. The monoisotopic (exact) mass is 403 g/mol. The molecule has 0 radical (unpaired) electrons. The van der Waals surface area contributed by atoms with Gasteiger partial charge in [0.2, 0.25) is 5.51 Å². The van der Waals surface area contributed by atoms with Crippen molar-refractivity contribution in [2.45, 2.75) is 110 Å². The zero-order valence-corrected chi connectivity index (χ0v) is 17.9. The lowest BCUT2D eigenvalue weighted by molar-refractivity contribution is -0.698. The van der Waals surface area contributed by atoms with Gasteiger partial charge in [0.1, 0.15) is 6.54 Å². The molecule has 0 aromatic carbocycles. The third kappa shape index (κ3) is 13.1. The van der Waals surface area contributed by atoms with Gasteiger partial charge in [-0.3, -0.25) is 0 Å². The van der Waals surface area contributed by atoms with Crippen LogP contribution in [0.15, 0.2) is 10.9 Å². The van der Waals surface area contributed by atoms with Crippen molar-refractivity contribution in [3.63, 3.8) is 0 Å². The van der Waals surface area contributed by atoms with Crippen molar-refractivity contribution in [3.05, 3.63) is 16.6 Å². The van der Waals surface area contributed by atoms with Crippen molar-refractivity contribution in [2.75, 3.05) is 0 Å².